The van der Waals surface area contributed by atoms with Crippen LogP contribution in [0.2, 0.25) is 0 Å². The summed E-state index contributed by atoms with van der Waals surface area (Å²) in [5, 5.41) is 9.22. The van der Waals surface area contributed by atoms with Crippen molar-refractivity contribution in [3.8, 4) is 11.5 Å². The van der Waals surface area contributed by atoms with E-state index in [1.807, 2.05) is 48.5 Å². The lowest BCUT2D eigenvalue weighted by Gasteiger charge is -1.94. The molecule has 0 unspecified atom stereocenters. The molecule has 0 atom stereocenters. The Hall–Kier alpha value is -2.27. The topological polar surface area (TPSA) is 51.8 Å². The molecular formula is C13H11N3OSi. The summed E-state index contributed by atoms with van der Waals surface area (Å²) in [6.07, 6.45) is 1.79. The second-order valence-corrected chi connectivity index (χ2v) is 5.55. The summed E-state index contributed by atoms with van der Waals surface area (Å²) < 4.78 is 5.67. The number of aromatic nitrogens is 3. The van der Waals surface area contributed by atoms with Crippen LogP contribution in [0.3, 0.4) is 0 Å². The van der Waals surface area contributed by atoms with Crippen molar-refractivity contribution in [1.82, 2.24) is 15.2 Å². The zero-order chi connectivity index (χ0) is 12.2. The highest BCUT2D eigenvalue weighted by Crippen LogP contribution is 2.13. The lowest BCUT2D eigenvalue weighted by Crippen LogP contribution is -2.30. The standard InChI is InChI=1S/C13H11N3OSi/c1-2-6-10(7-3-1)12-15-16-13(17-12)18-11-8-4-5-9-14-11/h1-9H,18H2. The molecule has 0 fully saturated rings. The largest absolute Gasteiger partial charge is 0.426 e. The summed E-state index contributed by atoms with van der Waals surface area (Å²) in [5.41, 5.74) is 1.67. The van der Waals surface area contributed by atoms with Crippen LogP contribution in [0.15, 0.2) is 59.1 Å². The summed E-state index contributed by atoms with van der Waals surface area (Å²) in [4.78, 5) is 4.29. The molecule has 0 saturated heterocycles. The monoisotopic (exact) mass is 253 g/mol. The first-order valence-electron chi connectivity index (χ1n) is 5.69. The third kappa shape index (κ3) is 2.35. The van der Waals surface area contributed by atoms with Crippen LogP contribution in [0.5, 0.6) is 0 Å². The summed E-state index contributed by atoms with van der Waals surface area (Å²) in [6.45, 7) is 0. The van der Waals surface area contributed by atoms with Crippen LogP contribution >= 0.6 is 0 Å². The van der Waals surface area contributed by atoms with Crippen LogP contribution in [0.25, 0.3) is 11.5 Å². The maximum atomic E-state index is 5.67. The van der Waals surface area contributed by atoms with Crippen LogP contribution < -0.4 is 10.8 Å². The van der Waals surface area contributed by atoms with Crippen molar-refractivity contribution in [2.45, 2.75) is 0 Å². The van der Waals surface area contributed by atoms with Crippen molar-refractivity contribution < 1.29 is 4.42 Å². The molecule has 3 aromatic rings. The Balaban J connectivity index is 1.82. The molecule has 0 saturated carbocycles. The van der Waals surface area contributed by atoms with Crippen molar-refractivity contribution in [2.24, 2.45) is 0 Å². The first kappa shape index (κ1) is 10.9. The Bertz CT molecular complexity index is 625. The highest BCUT2D eigenvalue weighted by atomic mass is 28.2. The van der Waals surface area contributed by atoms with E-state index in [9.17, 15) is 0 Å². The molecule has 1 aromatic carbocycles. The molecule has 88 valence electrons. The number of benzene rings is 1. The minimum atomic E-state index is -0.770. The number of hydrogen-bond donors (Lipinski definition) is 0. The van der Waals surface area contributed by atoms with Crippen molar-refractivity contribution in [3.05, 3.63) is 54.7 Å². The first-order valence-corrected chi connectivity index (χ1v) is 7.11. The average molecular weight is 253 g/mol. The zero-order valence-electron chi connectivity index (χ0n) is 9.65. The van der Waals surface area contributed by atoms with Crippen molar-refractivity contribution in [1.29, 1.82) is 0 Å². The molecule has 0 N–H and O–H groups in total. The van der Waals surface area contributed by atoms with E-state index in [0.717, 1.165) is 10.9 Å². The molecule has 0 amide bonds. The minimum absolute atomic E-state index is 0.578. The molecule has 3 rings (SSSR count). The fourth-order valence-corrected chi connectivity index (χ4v) is 2.79. The van der Waals surface area contributed by atoms with Crippen LogP contribution in [-0.4, -0.2) is 24.7 Å². The van der Waals surface area contributed by atoms with E-state index in [0.29, 0.717) is 11.4 Å². The molecule has 18 heavy (non-hydrogen) atoms. The van der Waals surface area contributed by atoms with Gasteiger partial charge in [0, 0.05) is 17.1 Å². The lowest BCUT2D eigenvalue weighted by molar-refractivity contribution is 0.604. The van der Waals surface area contributed by atoms with Gasteiger partial charge in [0.15, 0.2) is 15.0 Å². The van der Waals surface area contributed by atoms with E-state index in [4.69, 9.17) is 4.42 Å². The number of nitrogens with zero attached hydrogens (tertiary/aromatic N) is 3. The minimum Gasteiger partial charge on any atom is -0.426 e. The zero-order valence-corrected chi connectivity index (χ0v) is 11.1. The van der Waals surface area contributed by atoms with Crippen molar-refractivity contribution >= 4 is 20.4 Å². The average Bonchev–Trinajstić information content (AvgIpc) is 2.89. The molecule has 4 nitrogen and oxygen atoms in total. The molecule has 2 aromatic heterocycles. The maximum Gasteiger partial charge on any atom is 0.247 e. The summed E-state index contributed by atoms with van der Waals surface area (Å²) in [5.74, 6) is 0.578. The second kappa shape index (κ2) is 4.93. The highest BCUT2D eigenvalue weighted by molar-refractivity contribution is 6.64. The second-order valence-electron chi connectivity index (χ2n) is 3.86. The van der Waals surface area contributed by atoms with Gasteiger partial charge in [0.2, 0.25) is 5.89 Å². The van der Waals surface area contributed by atoms with Gasteiger partial charge in [-0.1, -0.05) is 24.3 Å². The Morgan fingerprint density at radius 2 is 1.72 bits per heavy atom. The van der Waals surface area contributed by atoms with E-state index in [-0.39, 0.29) is 0 Å². The van der Waals surface area contributed by atoms with Gasteiger partial charge in [0.05, 0.1) is 0 Å². The normalized spacial score (nSPS) is 11.1. The molecule has 0 spiro atoms. The fraction of sp³-hybridized carbons (Fsp3) is 0. The van der Waals surface area contributed by atoms with Crippen LogP contribution in [0.4, 0.5) is 0 Å². The SMILES string of the molecule is c1ccc(-c2nnc([SiH2]c3ccccn3)o2)cc1. The Morgan fingerprint density at radius 3 is 2.50 bits per heavy atom. The van der Waals surface area contributed by atoms with Gasteiger partial charge in [-0.05, 0) is 24.3 Å². The quantitative estimate of drug-likeness (QED) is 0.628. The molecule has 2 heterocycles. The number of rotatable bonds is 3. The van der Waals surface area contributed by atoms with Gasteiger partial charge >= 0.3 is 0 Å². The van der Waals surface area contributed by atoms with E-state index in [1.54, 1.807) is 6.20 Å². The lowest BCUT2D eigenvalue weighted by atomic mass is 10.2. The predicted octanol–water partition coefficient (Wildman–Crippen LogP) is 0.251. The van der Waals surface area contributed by atoms with Gasteiger partial charge in [-0.15, -0.1) is 10.2 Å². The third-order valence-corrected chi connectivity index (χ3v) is 3.91. The number of hydrogen-bond acceptors (Lipinski definition) is 4. The van der Waals surface area contributed by atoms with Crippen LogP contribution in [0.1, 0.15) is 0 Å². The first-order chi connectivity index (χ1) is 8.92. The van der Waals surface area contributed by atoms with Gasteiger partial charge in [0.25, 0.3) is 0 Å². The van der Waals surface area contributed by atoms with E-state index >= 15 is 0 Å². The van der Waals surface area contributed by atoms with Crippen molar-refractivity contribution in [2.75, 3.05) is 0 Å². The molecule has 0 radical (unpaired) electrons. The Kier molecular flexibility index (Phi) is 2.97. The van der Waals surface area contributed by atoms with Crippen molar-refractivity contribution in [3.63, 3.8) is 0 Å². The van der Waals surface area contributed by atoms with Gasteiger partial charge in [-0.3, -0.25) is 4.98 Å². The molecule has 5 heteroatoms. The van der Waals surface area contributed by atoms with Gasteiger partial charge in [0.1, 0.15) is 0 Å². The third-order valence-electron chi connectivity index (χ3n) is 2.55. The summed E-state index contributed by atoms with van der Waals surface area (Å²) >= 11 is 0. The van der Waals surface area contributed by atoms with E-state index < -0.39 is 9.52 Å². The van der Waals surface area contributed by atoms with Gasteiger partial charge in [-0.2, -0.15) is 0 Å². The Labute approximate surface area is 107 Å². The molecule has 0 aliphatic rings. The van der Waals surface area contributed by atoms with Crippen LogP contribution in [-0.2, 0) is 0 Å². The fourth-order valence-electron chi connectivity index (χ4n) is 1.68. The highest BCUT2D eigenvalue weighted by Gasteiger charge is 2.09. The molecular weight excluding hydrogens is 242 g/mol. The van der Waals surface area contributed by atoms with Gasteiger partial charge < -0.3 is 4.42 Å². The number of pyridine rings is 1. The molecule has 0 aliphatic heterocycles. The summed E-state index contributed by atoms with van der Waals surface area (Å²) in [7, 11) is -0.770. The maximum absolute atomic E-state index is 5.67. The van der Waals surface area contributed by atoms with E-state index in [2.05, 4.69) is 15.2 Å². The predicted molar refractivity (Wildman–Crippen MR) is 71.8 cm³/mol. The van der Waals surface area contributed by atoms with Crippen LogP contribution in [0, 0.1) is 0 Å². The summed E-state index contributed by atoms with van der Waals surface area (Å²) in [6, 6.07) is 15.7. The molecule has 0 bridgehead atoms. The van der Waals surface area contributed by atoms with E-state index in [1.165, 1.54) is 0 Å². The smallest absolute Gasteiger partial charge is 0.247 e. The Morgan fingerprint density at radius 1 is 0.889 bits per heavy atom. The van der Waals surface area contributed by atoms with Gasteiger partial charge in [-0.25, -0.2) is 0 Å². The molecule has 0 aliphatic carbocycles.